The predicted octanol–water partition coefficient (Wildman–Crippen LogP) is 2.46. The molecule has 0 saturated carbocycles. The summed E-state index contributed by atoms with van der Waals surface area (Å²) in [6.07, 6.45) is 3.55. The van der Waals surface area contributed by atoms with E-state index in [1.54, 1.807) is 13.2 Å². The summed E-state index contributed by atoms with van der Waals surface area (Å²) in [7, 11) is 1.55. The molecule has 2 aliphatic rings. The summed E-state index contributed by atoms with van der Waals surface area (Å²) in [6, 6.07) is 5.11. The molecule has 0 radical (unpaired) electrons. The molecule has 0 aromatic heterocycles. The van der Waals surface area contributed by atoms with E-state index in [-0.39, 0.29) is 24.2 Å². The minimum Gasteiger partial charge on any atom is -0.496 e. The Bertz CT molecular complexity index is 578. The molecule has 1 aromatic carbocycles. The highest BCUT2D eigenvalue weighted by atomic mass is 19.1. The highest BCUT2D eigenvalue weighted by Gasteiger charge is 2.37. The lowest BCUT2D eigenvalue weighted by Crippen LogP contribution is -2.57. The zero-order valence-electron chi connectivity index (χ0n) is 13.9. The molecule has 2 fully saturated rings. The van der Waals surface area contributed by atoms with E-state index in [2.05, 4.69) is 11.8 Å². The van der Waals surface area contributed by atoms with Crippen molar-refractivity contribution in [3.8, 4) is 5.75 Å². The van der Waals surface area contributed by atoms with Gasteiger partial charge in [-0.1, -0.05) is 6.92 Å². The molecule has 2 heterocycles. The maximum absolute atomic E-state index is 13.5. The Balaban J connectivity index is 1.75. The minimum absolute atomic E-state index is 0.0762. The van der Waals surface area contributed by atoms with Crippen molar-refractivity contribution in [3.05, 3.63) is 29.6 Å². The van der Waals surface area contributed by atoms with E-state index in [1.807, 2.05) is 4.90 Å². The molecule has 1 amide bonds. The van der Waals surface area contributed by atoms with Crippen LogP contribution in [-0.4, -0.2) is 54.5 Å². The molecule has 0 bridgehead atoms. The number of amides is 1. The SMILES string of the molecule is CCC1CN2CCCC2CN1C(=O)Cc1cc(F)ccc1OC. The van der Waals surface area contributed by atoms with Crippen LogP contribution in [-0.2, 0) is 11.2 Å². The van der Waals surface area contributed by atoms with Gasteiger partial charge in [-0.2, -0.15) is 0 Å². The van der Waals surface area contributed by atoms with Crippen molar-refractivity contribution in [1.82, 2.24) is 9.80 Å². The summed E-state index contributed by atoms with van der Waals surface area (Å²) in [4.78, 5) is 17.4. The molecule has 4 nitrogen and oxygen atoms in total. The number of piperazine rings is 1. The molecule has 2 unspecified atom stereocenters. The van der Waals surface area contributed by atoms with E-state index in [4.69, 9.17) is 4.74 Å². The van der Waals surface area contributed by atoms with Crippen molar-refractivity contribution < 1.29 is 13.9 Å². The molecule has 0 spiro atoms. The summed E-state index contributed by atoms with van der Waals surface area (Å²) in [5, 5.41) is 0. The molecule has 2 atom stereocenters. The topological polar surface area (TPSA) is 32.8 Å². The van der Waals surface area contributed by atoms with Gasteiger partial charge < -0.3 is 9.64 Å². The van der Waals surface area contributed by atoms with Gasteiger partial charge in [0.2, 0.25) is 5.91 Å². The largest absolute Gasteiger partial charge is 0.496 e. The van der Waals surface area contributed by atoms with Crippen LogP contribution in [0.3, 0.4) is 0 Å². The van der Waals surface area contributed by atoms with Crippen LogP contribution in [0.25, 0.3) is 0 Å². The first-order chi connectivity index (χ1) is 11.1. The Kier molecular flexibility index (Phi) is 4.85. The first-order valence-electron chi connectivity index (χ1n) is 8.48. The number of carbonyl (C=O) groups excluding carboxylic acids is 1. The van der Waals surface area contributed by atoms with E-state index in [9.17, 15) is 9.18 Å². The molecule has 0 N–H and O–H groups in total. The number of rotatable bonds is 4. The van der Waals surface area contributed by atoms with Crippen molar-refractivity contribution in [2.45, 2.75) is 44.7 Å². The second-order valence-corrected chi connectivity index (χ2v) is 6.53. The van der Waals surface area contributed by atoms with Crippen molar-refractivity contribution in [1.29, 1.82) is 0 Å². The maximum atomic E-state index is 13.5. The Morgan fingerprint density at radius 2 is 2.22 bits per heavy atom. The molecule has 23 heavy (non-hydrogen) atoms. The molecule has 2 saturated heterocycles. The smallest absolute Gasteiger partial charge is 0.227 e. The van der Waals surface area contributed by atoms with Crippen LogP contribution in [0.2, 0.25) is 0 Å². The number of benzene rings is 1. The Labute approximate surface area is 137 Å². The third kappa shape index (κ3) is 3.34. The lowest BCUT2D eigenvalue weighted by atomic mass is 10.0. The normalized spacial score (nSPS) is 24.6. The third-order valence-corrected chi connectivity index (χ3v) is 5.17. The Hall–Kier alpha value is -1.62. The summed E-state index contributed by atoms with van der Waals surface area (Å²) in [5.41, 5.74) is 0.626. The summed E-state index contributed by atoms with van der Waals surface area (Å²) < 4.78 is 18.8. The fraction of sp³-hybridized carbons (Fsp3) is 0.611. The van der Waals surface area contributed by atoms with Crippen molar-refractivity contribution >= 4 is 5.91 Å². The fourth-order valence-electron chi connectivity index (χ4n) is 3.89. The van der Waals surface area contributed by atoms with Crippen LogP contribution >= 0.6 is 0 Å². The summed E-state index contributed by atoms with van der Waals surface area (Å²) in [5.74, 6) is 0.320. The van der Waals surface area contributed by atoms with Crippen LogP contribution in [0.1, 0.15) is 31.7 Å². The number of fused-ring (bicyclic) bond motifs is 1. The number of ether oxygens (including phenoxy) is 1. The van der Waals surface area contributed by atoms with Gasteiger partial charge in [0.15, 0.2) is 0 Å². The lowest BCUT2D eigenvalue weighted by molar-refractivity contribution is -0.136. The number of methoxy groups -OCH3 is 1. The van der Waals surface area contributed by atoms with Gasteiger partial charge >= 0.3 is 0 Å². The second-order valence-electron chi connectivity index (χ2n) is 6.53. The Morgan fingerprint density at radius 1 is 1.39 bits per heavy atom. The maximum Gasteiger partial charge on any atom is 0.227 e. The molecular weight excluding hydrogens is 295 g/mol. The molecule has 1 aromatic rings. The summed E-state index contributed by atoms with van der Waals surface area (Å²) in [6.45, 7) is 5.05. The van der Waals surface area contributed by atoms with Gasteiger partial charge in [-0.05, 0) is 44.0 Å². The van der Waals surface area contributed by atoms with Gasteiger partial charge in [0.1, 0.15) is 11.6 Å². The van der Waals surface area contributed by atoms with Gasteiger partial charge in [0.25, 0.3) is 0 Å². The van der Waals surface area contributed by atoms with Gasteiger partial charge in [0, 0.05) is 30.7 Å². The van der Waals surface area contributed by atoms with E-state index < -0.39 is 0 Å². The van der Waals surface area contributed by atoms with Gasteiger partial charge in [0.05, 0.1) is 13.5 Å². The van der Waals surface area contributed by atoms with Gasteiger partial charge in [-0.3, -0.25) is 9.69 Å². The molecule has 5 heteroatoms. The molecule has 126 valence electrons. The zero-order valence-corrected chi connectivity index (χ0v) is 13.9. The number of nitrogens with zero attached hydrogens (tertiary/aromatic N) is 2. The fourth-order valence-corrected chi connectivity index (χ4v) is 3.89. The second kappa shape index (κ2) is 6.87. The van der Waals surface area contributed by atoms with Crippen LogP contribution in [0.15, 0.2) is 18.2 Å². The quantitative estimate of drug-likeness (QED) is 0.854. The minimum atomic E-state index is -0.332. The predicted molar refractivity (Wildman–Crippen MR) is 87.0 cm³/mol. The average Bonchev–Trinajstić information content (AvgIpc) is 3.01. The highest BCUT2D eigenvalue weighted by Crippen LogP contribution is 2.27. The first kappa shape index (κ1) is 16.2. The monoisotopic (exact) mass is 320 g/mol. The van der Waals surface area contributed by atoms with Gasteiger partial charge in [-0.25, -0.2) is 4.39 Å². The van der Waals surface area contributed by atoms with Crippen molar-refractivity contribution in [3.63, 3.8) is 0 Å². The molecular formula is C18H25FN2O2. The van der Waals surface area contributed by atoms with E-state index >= 15 is 0 Å². The molecule has 0 aliphatic carbocycles. The average molecular weight is 320 g/mol. The van der Waals surface area contributed by atoms with Crippen LogP contribution in [0.5, 0.6) is 5.75 Å². The standard InChI is InChI=1S/C18H25FN2O2/c1-3-15-11-20-8-4-5-16(20)12-21(15)18(22)10-13-9-14(19)6-7-17(13)23-2/h6-7,9,15-16H,3-5,8,10-12H2,1-2H3. The molecule has 3 rings (SSSR count). The van der Waals surface area contributed by atoms with Crippen LogP contribution in [0, 0.1) is 5.82 Å². The van der Waals surface area contributed by atoms with Crippen molar-refractivity contribution in [2.24, 2.45) is 0 Å². The van der Waals surface area contributed by atoms with Crippen LogP contribution < -0.4 is 4.74 Å². The Morgan fingerprint density at radius 3 is 2.96 bits per heavy atom. The number of hydrogen-bond donors (Lipinski definition) is 0. The number of carbonyl (C=O) groups is 1. The van der Waals surface area contributed by atoms with E-state index in [0.717, 1.165) is 26.1 Å². The van der Waals surface area contributed by atoms with Crippen LogP contribution in [0.4, 0.5) is 4.39 Å². The summed E-state index contributed by atoms with van der Waals surface area (Å²) >= 11 is 0. The lowest BCUT2D eigenvalue weighted by Gasteiger charge is -2.43. The number of halogens is 1. The van der Waals surface area contributed by atoms with Crippen molar-refractivity contribution in [2.75, 3.05) is 26.7 Å². The third-order valence-electron chi connectivity index (χ3n) is 5.17. The van der Waals surface area contributed by atoms with Gasteiger partial charge in [-0.15, -0.1) is 0 Å². The van der Waals surface area contributed by atoms with E-state index in [1.165, 1.54) is 25.0 Å². The highest BCUT2D eigenvalue weighted by molar-refractivity contribution is 5.80. The zero-order chi connectivity index (χ0) is 16.4. The van der Waals surface area contributed by atoms with E-state index in [0.29, 0.717) is 17.4 Å². The molecule has 2 aliphatic heterocycles. The number of hydrogen-bond acceptors (Lipinski definition) is 3. The first-order valence-corrected chi connectivity index (χ1v) is 8.48.